The molecule has 1 saturated heterocycles. The maximum atomic E-state index is 12.5. The molecule has 0 unspecified atom stereocenters. The van der Waals surface area contributed by atoms with Gasteiger partial charge in [0.25, 0.3) is 5.91 Å². The van der Waals surface area contributed by atoms with Crippen LogP contribution in [0.3, 0.4) is 0 Å². The smallest absolute Gasteiger partial charge is 0.274 e. The Morgan fingerprint density at radius 1 is 1.43 bits per heavy atom. The van der Waals surface area contributed by atoms with E-state index in [9.17, 15) is 4.79 Å². The summed E-state index contributed by atoms with van der Waals surface area (Å²) in [5.74, 6) is 1.17. The summed E-state index contributed by atoms with van der Waals surface area (Å²) in [6, 6.07) is 1.94. The first kappa shape index (κ1) is 16.0. The fourth-order valence-corrected chi connectivity index (χ4v) is 2.98. The molecule has 118 valence electrons. The van der Waals surface area contributed by atoms with E-state index in [0.29, 0.717) is 17.5 Å². The number of aromatic nitrogens is 2. The molecular weight excluding hydrogens is 264 g/mol. The third-order valence-electron chi connectivity index (χ3n) is 4.31. The minimum atomic E-state index is 0.0828. The molecule has 1 aromatic rings. The molecule has 21 heavy (non-hydrogen) atoms. The van der Waals surface area contributed by atoms with Crippen molar-refractivity contribution in [2.45, 2.75) is 39.5 Å². The van der Waals surface area contributed by atoms with Crippen LogP contribution >= 0.6 is 0 Å². The lowest BCUT2D eigenvalue weighted by molar-refractivity contribution is 0.0683. The molecule has 2 rings (SSSR count). The van der Waals surface area contributed by atoms with Gasteiger partial charge in [-0.05, 0) is 43.8 Å². The zero-order valence-corrected chi connectivity index (χ0v) is 13.7. The largest absolute Gasteiger partial charge is 0.337 e. The van der Waals surface area contributed by atoms with E-state index in [2.05, 4.69) is 31.2 Å². The van der Waals surface area contributed by atoms with Gasteiger partial charge < -0.3 is 10.2 Å². The van der Waals surface area contributed by atoms with Gasteiger partial charge in [-0.15, -0.1) is 0 Å². The molecule has 2 heterocycles. The number of hydrogen-bond acceptors (Lipinski definition) is 3. The van der Waals surface area contributed by atoms with Crippen LogP contribution in [-0.2, 0) is 7.05 Å². The number of nitrogens with zero attached hydrogens (tertiary/aromatic N) is 3. The topological polar surface area (TPSA) is 50.2 Å². The second-order valence-electron chi connectivity index (χ2n) is 6.28. The average Bonchev–Trinajstić information content (AvgIpc) is 2.87. The van der Waals surface area contributed by atoms with Crippen molar-refractivity contribution in [3.05, 3.63) is 17.5 Å². The van der Waals surface area contributed by atoms with Crippen molar-refractivity contribution in [1.82, 2.24) is 20.0 Å². The third kappa shape index (κ3) is 3.84. The second-order valence-corrected chi connectivity index (χ2v) is 6.28. The van der Waals surface area contributed by atoms with Gasteiger partial charge in [0.1, 0.15) is 0 Å². The standard InChI is InChI=1S/C16H28N4O/c1-5-17-11-13-6-8-20(9-7-13)16(21)14-10-15(12(2)3)19(4)18-14/h10,12-13,17H,5-9,11H2,1-4H3. The number of carbonyl (C=O) groups excluding carboxylic acids is 1. The zero-order chi connectivity index (χ0) is 15.4. The number of piperidine rings is 1. The number of carbonyl (C=O) groups is 1. The quantitative estimate of drug-likeness (QED) is 0.903. The van der Waals surface area contributed by atoms with Crippen molar-refractivity contribution in [3.63, 3.8) is 0 Å². The SMILES string of the molecule is CCNCC1CCN(C(=O)c2cc(C(C)C)n(C)n2)CC1. The summed E-state index contributed by atoms with van der Waals surface area (Å²) in [5, 5.41) is 7.79. The molecule has 1 fully saturated rings. The third-order valence-corrected chi connectivity index (χ3v) is 4.31. The highest BCUT2D eigenvalue weighted by atomic mass is 16.2. The van der Waals surface area contributed by atoms with Crippen LogP contribution in [0.2, 0.25) is 0 Å². The van der Waals surface area contributed by atoms with Gasteiger partial charge in [0.05, 0.1) is 0 Å². The molecule has 0 aromatic carbocycles. The van der Waals surface area contributed by atoms with E-state index in [1.165, 1.54) is 0 Å². The van der Waals surface area contributed by atoms with Gasteiger partial charge in [-0.25, -0.2) is 0 Å². The van der Waals surface area contributed by atoms with Gasteiger partial charge in [-0.3, -0.25) is 9.48 Å². The number of rotatable bonds is 5. The first-order chi connectivity index (χ1) is 10.0. The zero-order valence-electron chi connectivity index (χ0n) is 13.7. The second kappa shape index (κ2) is 7.07. The summed E-state index contributed by atoms with van der Waals surface area (Å²) >= 11 is 0. The first-order valence-electron chi connectivity index (χ1n) is 8.06. The number of likely N-dealkylation sites (tertiary alicyclic amines) is 1. The Morgan fingerprint density at radius 3 is 2.62 bits per heavy atom. The summed E-state index contributed by atoms with van der Waals surface area (Å²) in [6.45, 7) is 10.2. The molecule has 0 spiro atoms. The molecule has 0 bridgehead atoms. The number of nitrogens with one attached hydrogen (secondary N) is 1. The normalized spacial score (nSPS) is 16.7. The predicted molar refractivity (Wildman–Crippen MR) is 84.5 cm³/mol. The van der Waals surface area contributed by atoms with Crippen molar-refractivity contribution < 1.29 is 4.79 Å². The fourth-order valence-electron chi connectivity index (χ4n) is 2.98. The average molecular weight is 292 g/mol. The van der Waals surface area contributed by atoms with E-state index >= 15 is 0 Å². The van der Waals surface area contributed by atoms with Crippen molar-refractivity contribution >= 4 is 5.91 Å². The van der Waals surface area contributed by atoms with E-state index in [1.807, 2.05) is 22.7 Å². The number of aryl methyl sites for hydroxylation is 1. The molecule has 1 N–H and O–H groups in total. The van der Waals surface area contributed by atoms with E-state index < -0.39 is 0 Å². The highest BCUT2D eigenvalue weighted by Crippen LogP contribution is 2.20. The Hall–Kier alpha value is -1.36. The lowest BCUT2D eigenvalue weighted by Crippen LogP contribution is -2.41. The molecule has 1 aliphatic heterocycles. The molecule has 0 radical (unpaired) electrons. The predicted octanol–water partition coefficient (Wildman–Crippen LogP) is 2.01. The molecular formula is C16H28N4O. The van der Waals surface area contributed by atoms with Crippen LogP contribution in [0.1, 0.15) is 55.7 Å². The van der Waals surface area contributed by atoms with Gasteiger partial charge >= 0.3 is 0 Å². The monoisotopic (exact) mass is 292 g/mol. The van der Waals surface area contributed by atoms with Gasteiger partial charge in [0.2, 0.25) is 0 Å². The summed E-state index contributed by atoms with van der Waals surface area (Å²) < 4.78 is 1.83. The lowest BCUT2D eigenvalue weighted by Gasteiger charge is -2.31. The van der Waals surface area contributed by atoms with Crippen molar-refractivity contribution in [2.75, 3.05) is 26.2 Å². The fraction of sp³-hybridized carbons (Fsp3) is 0.750. The van der Waals surface area contributed by atoms with Gasteiger partial charge in [-0.2, -0.15) is 5.10 Å². The van der Waals surface area contributed by atoms with Crippen LogP contribution < -0.4 is 5.32 Å². The molecule has 1 aromatic heterocycles. The Labute approximate surface area is 127 Å². The summed E-state index contributed by atoms with van der Waals surface area (Å²) in [5.41, 5.74) is 1.70. The van der Waals surface area contributed by atoms with Crippen LogP contribution in [0.4, 0.5) is 0 Å². The van der Waals surface area contributed by atoms with E-state index in [1.54, 1.807) is 0 Å². The molecule has 5 nitrogen and oxygen atoms in total. The van der Waals surface area contributed by atoms with E-state index in [-0.39, 0.29) is 5.91 Å². The molecule has 1 amide bonds. The maximum absolute atomic E-state index is 12.5. The maximum Gasteiger partial charge on any atom is 0.274 e. The van der Waals surface area contributed by atoms with Crippen molar-refractivity contribution in [2.24, 2.45) is 13.0 Å². The summed E-state index contributed by atoms with van der Waals surface area (Å²) in [4.78, 5) is 14.5. The summed E-state index contributed by atoms with van der Waals surface area (Å²) in [6.07, 6.45) is 2.17. The van der Waals surface area contributed by atoms with Crippen LogP contribution in [0, 0.1) is 5.92 Å². The van der Waals surface area contributed by atoms with Gasteiger partial charge in [0.15, 0.2) is 5.69 Å². The highest BCUT2D eigenvalue weighted by molar-refractivity contribution is 5.92. The van der Waals surface area contributed by atoms with Crippen molar-refractivity contribution in [3.8, 4) is 0 Å². The molecule has 1 aliphatic rings. The van der Waals surface area contributed by atoms with Crippen LogP contribution in [0.15, 0.2) is 6.07 Å². The highest BCUT2D eigenvalue weighted by Gasteiger charge is 2.25. The minimum absolute atomic E-state index is 0.0828. The number of hydrogen-bond donors (Lipinski definition) is 1. The Morgan fingerprint density at radius 2 is 2.10 bits per heavy atom. The number of amides is 1. The van der Waals surface area contributed by atoms with E-state index in [0.717, 1.165) is 44.7 Å². The first-order valence-corrected chi connectivity index (χ1v) is 8.06. The van der Waals surface area contributed by atoms with Crippen molar-refractivity contribution in [1.29, 1.82) is 0 Å². The van der Waals surface area contributed by atoms with E-state index in [4.69, 9.17) is 0 Å². The lowest BCUT2D eigenvalue weighted by atomic mass is 9.96. The van der Waals surface area contributed by atoms with Crippen LogP contribution in [0.5, 0.6) is 0 Å². The van der Waals surface area contributed by atoms with Gasteiger partial charge in [0, 0.05) is 25.8 Å². The summed E-state index contributed by atoms with van der Waals surface area (Å²) in [7, 11) is 1.91. The molecule has 5 heteroatoms. The Kier molecular flexibility index (Phi) is 5.39. The van der Waals surface area contributed by atoms with Gasteiger partial charge in [-0.1, -0.05) is 20.8 Å². The molecule has 0 atom stereocenters. The Balaban J connectivity index is 1.94. The minimum Gasteiger partial charge on any atom is -0.337 e. The molecule has 0 saturated carbocycles. The van der Waals surface area contributed by atoms with Crippen LogP contribution in [-0.4, -0.2) is 46.8 Å². The Bertz CT molecular complexity index is 473. The van der Waals surface area contributed by atoms with Crippen LogP contribution in [0.25, 0.3) is 0 Å². The molecule has 0 aliphatic carbocycles.